The second kappa shape index (κ2) is 10.1. The Balaban J connectivity index is 1.74. The third kappa shape index (κ3) is 4.74. The molecule has 0 unspecified atom stereocenters. The summed E-state index contributed by atoms with van der Waals surface area (Å²) < 4.78 is 0. The first-order chi connectivity index (χ1) is 13.9. The topological polar surface area (TPSA) is 30.5 Å². The molecule has 1 aromatic rings. The third-order valence-electron chi connectivity index (χ3n) is 7.56. The quantitative estimate of drug-likeness (QED) is 0.522. The van der Waals surface area contributed by atoms with Gasteiger partial charge in [-0.25, -0.2) is 0 Å². The lowest BCUT2D eigenvalue weighted by Crippen LogP contribution is -2.21. The summed E-state index contributed by atoms with van der Waals surface area (Å²) in [4.78, 5) is 11.2. The van der Waals surface area contributed by atoms with Crippen LogP contribution >= 0.6 is 0 Å². The van der Waals surface area contributed by atoms with Gasteiger partial charge in [0.1, 0.15) is 0 Å². The molecule has 0 aliphatic heterocycles. The van der Waals surface area contributed by atoms with Crippen LogP contribution in [0, 0.1) is 0 Å². The Morgan fingerprint density at radius 2 is 1.07 bits per heavy atom. The fourth-order valence-electron chi connectivity index (χ4n) is 6.01. The van der Waals surface area contributed by atoms with Crippen LogP contribution in [0.1, 0.15) is 131 Å². The molecule has 4 rings (SSSR count). The molecule has 0 amide bonds. The van der Waals surface area contributed by atoms with E-state index in [1.807, 2.05) is 0 Å². The lowest BCUT2D eigenvalue weighted by molar-refractivity contribution is -0.0811. The Morgan fingerprint density at radius 1 is 0.643 bits per heavy atom. The Bertz CT molecular complexity index is 572. The van der Waals surface area contributed by atoms with Crippen LogP contribution in [0.4, 0.5) is 0 Å². The van der Waals surface area contributed by atoms with Crippen molar-refractivity contribution < 1.29 is 9.68 Å². The van der Waals surface area contributed by atoms with Crippen molar-refractivity contribution in [3.8, 4) is 5.75 Å². The maximum absolute atomic E-state index is 6.09. The highest BCUT2D eigenvalue weighted by Crippen LogP contribution is 2.47. The van der Waals surface area contributed by atoms with Gasteiger partial charge in [0.15, 0.2) is 5.75 Å². The van der Waals surface area contributed by atoms with Crippen LogP contribution in [0.15, 0.2) is 12.1 Å². The molecule has 3 saturated carbocycles. The van der Waals surface area contributed by atoms with Crippen LogP contribution in [-0.2, 0) is 4.84 Å². The third-order valence-corrected chi connectivity index (χ3v) is 7.56. The van der Waals surface area contributed by atoms with E-state index in [1.54, 1.807) is 12.7 Å². The van der Waals surface area contributed by atoms with Crippen LogP contribution < -0.4 is 10.5 Å². The van der Waals surface area contributed by atoms with E-state index < -0.39 is 0 Å². The van der Waals surface area contributed by atoms with E-state index in [4.69, 9.17) is 9.68 Å². The summed E-state index contributed by atoms with van der Waals surface area (Å²) >= 11 is 0. The molecule has 0 radical (unpaired) electrons. The van der Waals surface area contributed by atoms with Crippen LogP contribution in [0.3, 0.4) is 0 Å². The average Bonchev–Trinajstić information content (AvgIpc) is 2.79. The van der Waals surface area contributed by atoms with Crippen molar-refractivity contribution in [1.82, 2.24) is 5.64 Å². The van der Waals surface area contributed by atoms with Gasteiger partial charge in [-0.3, -0.25) is 4.84 Å². The van der Waals surface area contributed by atoms with Crippen LogP contribution in [0.5, 0.6) is 5.75 Å². The number of rotatable bonds is 6. The minimum atomic E-state index is 0.647. The molecule has 0 spiro atoms. The van der Waals surface area contributed by atoms with Crippen molar-refractivity contribution in [3.05, 3.63) is 28.8 Å². The summed E-state index contributed by atoms with van der Waals surface area (Å²) in [5, 5.41) is 0. The predicted octanol–water partition coefficient (Wildman–Crippen LogP) is 7.27. The standard InChI is InChI=1S/C25H39NO2/c1-27-26-28-25-23(20-13-7-3-8-14-20)17-22(19-11-5-2-6-12-19)18-24(25)21-15-9-4-10-16-21/h17-21,26H,2-16H2,1H3. The first-order valence-electron chi connectivity index (χ1n) is 12.0. The van der Waals surface area contributed by atoms with Crippen LogP contribution in [-0.4, -0.2) is 7.11 Å². The van der Waals surface area contributed by atoms with Gasteiger partial charge in [0, 0.05) is 11.1 Å². The lowest BCUT2D eigenvalue weighted by atomic mass is 9.75. The summed E-state index contributed by atoms with van der Waals surface area (Å²) in [6.07, 6.45) is 20.4. The molecule has 0 heterocycles. The number of benzene rings is 1. The maximum Gasteiger partial charge on any atom is 0.157 e. The lowest BCUT2D eigenvalue weighted by Gasteiger charge is -2.31. The van der Waals surface area contributed by atoms with E-state index in [0.29, 0.717) is 11.8 Å². The van der Waals surface area contributed by atoms with Gasteiger partial charge < -0.3 is 4.84 Å². The van der Waals surface area contributed by atoms with Gasteiger partial charge in [-0.15, -0.1) is 0 Å². The van der Waals surface area contributed by atoms with Crippen molar-refractivity contribution in [2.75, 3.05) is 7.11 Å². The largest absolute Gasteiger partial charge is 0.383 e. The molecule has 0 atom stereocenters. The SMILES string of the molecule is CONOc1c(C2CCCCC2)cc(C2CCCCC2)cc1C1CCCCC1. The molecule has 3 aliphatic rings. The summed E-state index contributed by atoms with van der Waals surface area (Å²) in [6, 6.07) is 5.07. The molecule has 156 valence electrons. The van der Waals surface area contributed by atoms with E-state index in [9.17, 15) is 0 Å². The fourth-order valence-corrected chi connectivity index (χ4v) is 6.01. The molecule has 0 aromatic heterocycles. The second-order valence-corrected chi connectivity index (χ2v) is 9.42. The number of nitrogens with one attached hydrogen (secondary N) is 1. The zero-order chi connectivity index (χ0) is 19.2. The summed E-state index contributed by atoms with van der Waals surface area (Å²) in [5.74, 6) is 3.14. The van der Waals surface area contributed by atoms with Crippen molar-refractivity contribution >= 4 is 0 Å². The first kappa shape index (κ1) is 20.2. The Kier molecular flexibility index (Phi) is 7.31. The molecule has 1 N–H and O–H groups in total. The van der Waals surface area contributed by atoms with Crippen LogP contribution in [0.2, 0.25) is 0 Å². The van der Waals surface area contributed by atoms with Gasteiger partial charge in [-0.2, -0.15) is 0 Å². The highest BCUT2D eigenvalue weighted by Gasteiger charge is 2.29. The average molecular weight is 386 g/mol. The monoisotopic (exact) mass is 385 g/mol. The minimum Gasteiger partial charge on any atom is -0.383 e. The van der Waals surface area contributed by atoms with E-state index >= 15 is 0 Å². The van der Waals surface area contributed by atoms with Crippen LogP contribution in [0.25, 0.3) is 0 Å². The zero-order valence-electron chi connectivity index (χ0n) is 17.8. The predicted molar refractivity (Wildman–Crippen MR) is 115 cm³/mol. The maximum atomic E-state index is 6.09. The van der Waals surface area contributed by atoms with Crippen molar-refractivity contribution in [2.24, 2.45) is 0 Å². The van der Waals surface area contributed by atoms with E-state index in [0.717, 1.165) is 11.7 Å². The highest BCUT2D eigenvalue weighted by atomic mass is 16.9. The van der Waals surface area contributed by atoms with E-state index in [1.165, 1.54) is 107 Å². The Morgan fingerprint density at radius 3 is 1.50 bits per heavy atom. The minimum absolute atomic E-state index is 0.647. The van der Waals surface area contributed by atoms with Crippen molar-refractivity contribution in [1.29, 1.82) is 0 Å². The summed E-state index contributed by atoms with van der Waals surface area (Å²) in [5.41, 5.74) is 7.26. The molecular weight excluding hydrogens is 346 g/mol. The van der Waals surface area contributed by atoms with Gasteiger partial charge >= 0.3 is 0 Å². The molecular formula is C25H39NO2. The molecule has 3 fully saturated rings. The van der Waals surface area contributed by atoms with Crippen molar-refractivity contribution in [2.45, 2.75) is 114 Å². The van der Waals surface area contributed by atoms with E-state index in [-0.39, 0.29) is 0 Å². The first-order valence-corrected chi connectivity index (χ1v) is 12.0. The zero-order valence-corrected chi connectivity index (χ0v) is 17.8. The normalized spacial score (nSPS) is 23.0. The molecule has 1 aromatic carbocycles. The van der Waals surface area contributed by atoms with Gasteiger partial charge in [0.05, 0.1) is 7.11 Å². The summed E-state index contributed by atoms with van der Waals surface area (Å²) in [7, 11) is 1.64. The molecule has 0 bridgehead atoms. The fraction of sp³-hybridized carbons (Fsp3) is 0.760. The Labute approximate surface area is 171 Å². The molecule has 3 nitrogen and oxygen atoms in total. The molecule has 0 saturated heterocycles. The molecule has 28 heavy (non-hydrogen) atoms. The summed E-state index contributed by atoms with van der Waals surface area (Å²) in [6.45, 7) is 0. The molecule has 3 aliphatic carbocycles. The number of hydrogen-bond acceptors (Lipinski definition) is 3. The van der Waals surface area contributed by atoms with E-state index in [2.05, 4.69) is 17.8 Å². The Hall–Kier alpha value is -1.06. The highest BCUT2D eigenvalue weighted by molar-refractivity contribution is 5.49. The van der Waals surface area contributed by atoms with Gasteiger partial charge in [0.25, 0.3) is 0 Å². The number of hydrogen-bond donors (Lipinski definition) is 1. The molecule has 3 heteroatoms. The van der Waals surface area contributed by atoms with Gasteiger partial charge in [0.2, 0.25) is 0 Å². The van der Waals surface area contributed by atoms with Gasteiger partial charge in [-0.05, 0) is 67.5 Å². The second-order valence-electron chi connectivity index (χ2n) is 9.42. The van der Waals surface area contributed by atoms with Crippen molar-refractivity contribution in [3.63, 3.8) is 0 Å². The van der Waals surface area contributed by atoms with Gasteiger partial charge in [-0.1, -0.05) is 69.9 Å². The smallest absolute Gasteiger partial charge is 0.157 e.